The summed E-state index contributed by atoms with van der Waals surface area (Å²) in [5.74, 6) is 1.50. The van der Waals surface area contributed by atoms with Crippen molar-refractivity contribution in [2.24, 2.45) is 0 Å². The van der Waals surface area contributed by atoms with Crippen molar-refractivity contribution in [2.45, 2.75) is 0 Å². The van der Waals surface area contributed by atoms with Crippen LogP contribution < -0.4 is 9.47 Å². The van der Waals surface area contributed by atoms with Gasteiger partial charge in [-0.2, -0.15) is 8.75 Å². The molecule has 7 heteroatoms. The minimum atomic E-state index is 0.731. The third-order valence-electron chi connectivity index (χ3n) is 3.40. The third-order valence-corrected chi connectivity index (χ3v) is 5.06. The first-order valence-corrected chi connectivity index (χ1v) is 8.09. The normalized spacial score (nSPS) is 11.2. The molecule has 2 aromatic carbocycles. The van der Waals surface area contributed by atoms with Gasteiger partial charge in [0.25, 0.3) is 0 Å². The minimum Gasteiger partial charge on any atom is -0.497 e. The molecular weight excluding hydrogens is 318 g/mol. The van der Waals surface area contributed by atoms with Crippen LogP contribution in [0.3, 0.4) is 0 Å². The van der Waals surface area contributed by atoms with Gasteiger partial charge in [0.2, 0.25) is 0 Å². The van der Waals surface area contributed by atoms with Crippen LogP contribution in [0.5, 0.6) is 11.5 Å². The maximum atomic E-state index is 5.46. The maximum Gasteiger partial charge on any atom is 0.142 e. The number of hydrogen-bond donors (Lipinski definition) is 0. The molecule has 4 rings (SSSR count). The van der Waals surface area contributed by atoms with Gasteiger partial charge in [-0.1, -0.05) is 6.07 Å². The molecule has 2 heterocycles. The molecule has 0 aliphatic carbocycles. The van der Waals surface area contributed by atoms with Crippen molar-refractivity contribution >= 4 is 44.3 Å². The number of hydrogen-bond acceptors (Lipinski definition) is 7. The fraction of sp³-hybridized carbons (Fsp3) is 0.133. The summed E-state index contributed by atoms with van der Waals surface area (Å²) < 4.78 is 20.4. The Morgan fingerprint density at radius 3 is 2.73 bits per heavy atom. The van der Waals surface area contributed by atoms with Crippen LogP contribution in [0.1, 0.15) is 0 Å². The standard InChI is InChI=1S/C15H11N3O2S2/c1-19-8-6-11-14(12(7-8)20-2)21-15(16-11)9-4-3-5-10-13(9)18-22-17-10/h3-7H,1-2H3. The van der Waals surface area contributed by atoms with Crippen LogP contribution in [0.25, 0.3) is 31.8 Å². The number of nitrogens with zero attached hydrogens (tertiary/aromatic N) is 3. The molecule has 0 unspecified atom stereocenters. The molecule has 22 heavy (non-hydrogen) atoms. The van der Waals surface area contributed by atoms with Crippen molar-refractivity contribution in [2.75, 3.05) is 14.2 Å². The van der Waals surface area contributed by atoms with Gasteiger partial charge in [-0.25, -0.2) is 4.98 Å². The van der Waals surface area contributed by atoms with Crippen molar-refractivity contribution in [1.82, 2.24) is 13.7 Å². The van der Waals surface area contributed by atoms with Gasteiger partial charge in [0.15, 0.2) is 0 Å². The molecule has 0 saturated heterocycles. The molecule has 0 radical (unpaired) electrons. The van der Waals surface area contributed by atoms with Gasteiger partial charge in [-0.15, -0.1) is 11.3 Å². The highest BCUT2D eigenvalue weighted by molar-refractivity contribution is 7.22. The summed E-state index contributed by atoms with van der Waals surface area (Å²) in [7, 11) is 3.29. The molecule has 110 valence electrons. The summed E-state index contributed by atoms with van der Waals surface area (Å²) in [5.41, 5.74) is 3.63. The second kappa shape index (κ2) is 5.19. The zero-order valence-corrected chi connectivity index (χ0v) is 13.5. The summed E-state index contributed by atoms with van der Waals surface area (Å²) in [6.45, 7) is 0. The molecule has 0 aliphatic heterocycles. The van der Waals surface area contributed by atoms with Crippen molar-refractivity contribution in [3.8, 4) is 22.1 Å². The Kier molecular flexibility index (Phi) is 3.16. The SMILES string of the molecule is COc1cc(OC)c2sc(-c3cccc4nsnc34)nc2c1. The van der Waals surface area contributed by atoms with Crippen LogP contribution in [-0.2, 0) is 0 Å². The molecule has 0 amide bonds. The van der Waals surface area contributed by atoms with Crippen LogP contribution >= 0.6 is 23.1 Å². The van der Waals surface area contributed by atoms with Crippen LogP contribution in [0.4, 0.5) is 0 Å². The van der Waals surface area contributed by atoms with E-state index in [-0.39, 0.29) is 0 Å². The molecule has 0 fully saturated rings. The Hall–Kier alpha value is -2.25. The molecule has 0 N–H and O–H groups in total. The summed E-state index contributed by atoms with van der Waals surface area (Å²) in [5, 5.41) is 0.903. The lowest BCUT2D eigenvalue weighted by Crippen LogP contribution is -1.87. The number of thiazole rings is 1. The first-order chi connectivity index (χ1) is 10.8. The first kappa shape index (κ1) is 13.4. The Morgan fingerprint density at radius 1 is 1.00 bits per heavy atom. The summed E-state index contributed by atoms with van der Waals surface area (Å²) in [6.07, 6.45) is 0. The van der Waals surface area contributed by atoms with E-state index in [1.807, 2.05) is 30.3 Å². The van der Waals surface area contributed by atoms with Gasteiger partial charge in [0, 0.05) is 17.7 Å². The lowest BCUT2D eigenvalue weighted by atomic mass is 10.2. The summed E-state index contributed by atoms with van der Waals surface area (Å²) in [6, 6.07) is 9.74. The molecule has 2 aromatic heterocycles. The number of fused-ring (bicyclic) bond motifs is 2. The van der Waals surface area contributed by atoms with E-state index in [0.29, 0.717) is 0 Å². The average molecular weight is 329 g/mol. The molecule has 4 aromatic rings. The first-order valence-electron chi connectivity index (χ1n) is 6.54. The van der Waals surface area contributed by atoms with Crippen LogP contribution in [0.2, 0.25) is 0 Å². The second-order valence-electron chi connectivity index (χ2n) is 4.63. The topological polar surface area (TPSA) is 57.1 Å². The van der Waals surface area contributed by atoms with Gasteiger partial charge in [-0.05, 0) is 12.1 Å². The zero-order chi connectivity index (χ0) is 15.1. The predicted octanol–water partition coefficient (Wildman–Crippen LogP) is 3.99. The molecule has 0 bridgehead atoms. The fourth-order valence-electron chi connectivity index (χ4n) is 2.34. The Labute approximate surface area is 134 Å². The number of ether oxygens (including phenoxy) is 2. The quantitative estimate of drug-likeness (QED) is 0.569. The van der Waals surface area contributed by atoms with Crippen LogP contribution in [0.15, 0.2) is 30.3 Å². The number of methoxy groups -OCH3 is 2. The van der Waals surface area contributed by atoms with Crippen molar-refractivity contribution in [1.29, 1.82) is 0 Å². The summed E-state index contributed by atoms with van der Waals surface area (Å²) in [4.78, 5) is 4.73. The smallest absolute Gasteiger partial charge is 0.142 e. The number of rotatable bonds is 3. The van der Waals surface area contributed by atoms with Gasteiger partial charge < -0.3 is 9.47 Å². The minimum absolute atomic E-state index is 0.731. The Morgan fingerprint density at radius 2 is 1.91 bits per heavy atom. The van der Waals surface area contributed by atoms with E-state index in [1.54, 1.807) is 25.6 Å². The van der Waals surface area contributed by atoms with E-state index in [1.165, 1.54) is 11.7 Å². The van der Waals surface area contributed by atoms with E-state index in [4.69, 9.17) is 14.5 Å². The highest BCUT2D eigenvalue weighted by Gasteiger charge is 2.15. The highest BCUT2D eigenvalue weighted by Crippen LogP contribution is 2.40. The lowest BCUT2D eigenvalue weighted by Gasteiger charge is -2.03. The van der Waals surface area contributed by atoms with Gasteiger partial charge in [0.05, 0.1) is 36.2 Å². The van der Waals surface area contributed by atoms with Crippen LogP contribution in [-0.4, -0.2) is 28.0 Å². The average Bonchev–Trinajstić information content (AvgIpc) is 3.19. The lowest BCUT2D eigenvalue weighted by molar-refractivity contribution is 0.398. The molecule has 0 spiro atoms. The molecule has 0 aliphatic rings. The van der Waals surface area contributed by atoms with E-state index in [9.17, 15) is 0 Å². The molecular formula is C15H11N3O2S2. The number of aromatic nitrogens is 3. The van der Waals surface area contributed by atoms with Crippen molar-refractivity contribution in [3.05, 3.63) is 30.3 Å². The van der Waals surface area contributed by atoms with E-state index >= 15 is 0 Å². The fourth-order valence-corrected chi connectivity index (χ4v) is 3.95. The Bertz CT molecular complexity index is 977. The molecule has 0 atom stereocenters. The van der Waals surface area contributed by atoms with Gasteiger partial charge >= 0.3 is 0 Å². The monoisotopic (exact) mass is 329 g/mol. The highest BCUT2D eigenvalue weighted by atomic mass is 32.1. The van der Waals surface area contributed by atoms with E-state index < -0.39 is 0 Å². The second-order valence-corrected chi connectivity index (χ2v) is 6.16. The van der Waals surface area contributed by atoms with Crippen molar-refractivity contribution < 1.29 is 9.47 Å². The Balaban J connectivity index is 1.98. The van der Waals surface area contributed by atoms with Crippen LogP contribution in [0, 0.1) is 0 Å². The molecule has 0 saturated carbocycles. The number of benzene rings is 2. The van der Waals surface area contributed by atoms with Crippen molar-refractivity contribution in [3.63, 3.8) is 0 Å². The maximum absolute atomic E-state index is 5.46. The molecule has 5 nitrogen and oxygen atoms in total. The predicted molar refractivity (Wildman–Crippen MR) is 89.1 cm³/mol. The van der Waals surface area contributed by atoms with E-state index in [0.717, 1.165) is 43.3 Å². The summed E-state index contributed by atoms with van der Waals surface area (Å²) >= 11 is 2.80. The van der Waals surface area contributed by atoms with E-state index in [2.05, 4.69) is 8.75 Å². The third kappa shape index (κ3) is 2.01. The zero-order valence-electron chi connectivity index (χ0n) is 11.9. The van der Waals surface area contributed by atoms with Gasteiger partial charge in [0.1, 0.15) is 27.5 Å². The largest absolute Gasteiger partial charge is 0.497 e. The van der Waals surface area contributed by atoms with Gasteiger partial charge in [-0.3, -0.25) is 0 Å².